The summed E-state index contributed by atoms with van der Waals surface area (Å²) < 4.78 is 0. The third-order valence-electron chi connectivity index (χ3n) is 3.85. The predicted molar refractivity (Wildman–Crippen MR) is 86.9 cm³/mol. The van der Waals surface area contributed by atoms with E-state index < -0.39 is 0 Å². The van der Waals surface area contributed by atoms with Gasteiger partial charge in [-0.3, -0.25) is 0 Å². The molecule has 0 saturated heterocycles. The normalized spacial score (nSPS) is 21.0. The van der Waals surface area contributed by atoms with Gasteiger partial charge in [-0.25, -0.2) is 0 Å². The topological polar surface area (TPSA) is 0 Å². The van der Waals surface area contributed by atoms with Crippen LogP contribution in [0, 0.1) is 17.8 Å². The second kappa shape index (κ2) is 12.9. The van der Waals surface area contributed by atoms with Crippen LogP contribution in [0.5, 0.6) is 0 Å². The molecular weight excluding hydrogens is 216 g/mol. The third-order valence-corrected chi connectivity index (χ3v) is 3.85. The van der Waals surface area contributed by atoms with Crippen LogP contribution in [0.15, 0.2) is 24.8 Å². The highest BCUT2D eigenvalue weighted by Gasteiger charge is 2.21. The van der Waals surface area contributed by atoms with Gasteiger partial charge in [0.2, 0.25) is 0 Å². The molecule has 3 atom stereocenters. The summed E-state index contributed by atoms with van der Waals surface area (Å²) in [5.74, 6) is 2.67. The molecule has 0 amide bonds. The van der Waals surface area contributed by atoms with Crippen molar-refractivity contribution in [3.8, 4) is 0 Å². The fourth-order valence-corrected chi connectivity index (χ4v) is 2.62. The van der Waals surface area contributed by atoms with Gasteiger partial charge in [0, 0.05) is 0 Å². The molecule has 0 radical (unpaired) electrons. The Labute approximate surface area is 117 Å². The molecule has 0 saturated carbocycles. The summed E-state index contributed by atoms with van der Waals surface area (Å²) in [6.45, 7) is 12.6. The Kier molecular flexibility index (Phi) is 14.2. The smallest absolute Gasteiger partial charge is 0.0319 e. The van der Waals surface area contributed by atoms with E-state index >= 15 is 0 Å². The van der Waals surface area contributed by atoms with E-state index in [1.165, 1.54) is 38.5 Å². The van der Waals surface area contributed by atoms with Crippen LogP contribution in [0.3, 0.4) is 0 Å². The summed E-state index contributed by atoms with van der Waals surface area (Å²) in [6.07, 6.45) is 14.7. The van der Waals surface area contributed by atoms with Crippen molar-refractivity contribution in [3.63, 3.8) is 0 Å². The monoisotopic (exact) mass is 252 g/mol. The van der Waals surface area contributed by atoms with Crippen LogP contribution in [0.2, 0.25) is 0 Å². The summed E-state index contributed by atoms with van der Waals surface area (Å²) in [5.41, 5.74) is 0. The first-order chi connectivity index (χ1) is 8.27. The lowest BCUT2D eigenvalue weighted by Gasteiger charge is -2.29. The van der Waals surface area contributed by atoms with E-state index in [9.17, 15) is 0 Å². The van der Waals surface area contributed by atoms with Crippen LogP contribution in [-0.4, -0.2) is 0 Å². The predicted octanol–water partition coefficient (Wildman–Crippen LogP) is 6.63. The molecule has 0 bridgehead atoms. The van der Waals surface area contributed by atoms with E-state index in [0.29, 0.717) is 0 Å². The lowest BCUT2D eigenvalue weighted by molar-refractivity contribution is 0.256. The van der Waals surface area contributed by atoms with Crippen molar-refractivity contribution in [2.75, 3.05) is 0 Å². The van der Waals surface area contributed by atoms with Gasteiger partial charge in [-0.2, -0.15) is 0 Å². The van der Waals surface area contributed by atoms with Gasteiger partial charge in [0.1, 0.15) is 0 Å². The molecule has 0 heteroatoms. The summed E-state index contributed by atoms with van der Waals surface area (Å²) in [7, 11) is 0. The van der Waals surface area contributed by atoms with Crippen LogP contribution in [0.4, 0.5) is 0 Å². The largest absolute Gasteiger partial charge is 0.103 e. The van der Waals surface area contributed by atoms with Gasteiger partial charge in [-0.1, -0.05) is 59.8 Å². The second-order valence-electron chi connectivity index (χ2n) is 5.08. The molecule has 1 aliphatic rings. The van der Waals surface area contributed by atoms with E-state index in [1.807, 2.05) is 13.8 Å². The summed E-state index contributed by atoms with van der Waals surface area (Å²) in [6, 6.07) is 0. The van der Waals surface area contributed by atoms with Crippen LogP contribution in [0.1, 0.15) is 73.6 Å². The summed E-state index contributed by atoms with van der Waals surface area (Å²) in [4.78, 5) is 0. The van der Waals surface area contributed by atoms with Gasteiger partial charge < -0.3 is 0 Å². The van der Waals surface area contributed by atoms with E-state index in [1.54, 1.807) is 0 Å². The first kappa shape index (κ1) is 19.8. The third kappa shape index (κ3) is 7.74. The van der Waals surface area contributed by atoms with Crippen molar-refractivity contribution < 1.29 is 0 Å². The van der Waals surface area contributed by atoms with E-state index in [0.717, 1.165) is 17.8 Å². The minimum absolute atomic E-state index is 0. The highest BCUT2D eigenvalue weighted by Crippen LogP contribution is 2.33. The molecule has 0 fully saturated rings. The highest BCUT2D eigenvalue weighted by molar-refractivity contribution is 4.93. The lowest BCUT2D eigenvalue weighted by Crippen LogP contribution is -2.18. The first-order valence-corrected chi connectivity index (χ1v) is 7.53. The molecule has 0 aliphatic heterocycles. The molecule has 0 aromatic rings. The maximum Gasteiger partial charge on any atom is -0.0319 e. The molecule has 1 rings (SSSR count). The summed E-state index contributed by atoms with van der Waals surface area (Å²) >= 11 is 0. The molecule has 0 aromatic heterocycles. The molecule has 0 nitrogen and oxygen atoms in total. The molecule has 108 valence electrons. The van der Waals surface area contributed by atoms with Gasteiger partial charge in [0.25, 0.3) is 0 Å². The van der Waals surface area contributed by atoms with Crippen molar-refractivity contribution in [2.45, 2.75) is 73.6 Å². The second-order valence-corrected chi connectivity index (χ2v) is 5.08. The highest BCUT2D eigenvalue weighted by atomic mass is 14.3. The van der Waals surface area contributed by atoms with Gasteiger partial charge in [0.05, 0.1) is 0 Å². The van der Waals surface area contributed by atoms with Crippen LogP contribution in [0.25, 0.3) is 0 Å². The number of allylic oxidation sites excluding steroid dienone is 3. The molecule has 0 heterocycles. The van der Waals surface area contributed by atoms with Gasteiger partial charge in [0.15, 0.2) is 0 Å². The fourth-order valence-electron chi connectivity index (χ4n) is 2.62. The first-order valence-electron chi connectivity index (χ1n) is 7.53. The van der Waals surface area contributed by atoms with Crippen molar-refractivity contribution in [1.82, 2.24) is 0 Å². The maximum absolute atomic E-state index is 3.91. The van der Waals surface area contributed by atoms with Crippen molar-refractivity contribution in [1.29, 1.82) is 0 Å². The molecule has 3 unspecified atom stereocenters. The Morgan fingerprint density at radius 3 is 2.44 bits per heavy atom. The maximum atomic E-state index is 3.91. The quantitative estimate of drug-likeness (QED) is 0.465. The Balaban J connectivity index is 0. The number of hydrogen-bond acceptors (Lipinski definition) is 0. The molecule has 0 spiro atoms. The van der Waals surface area contributed by atoms with Gasteiger partial charge in [-0.15, -0.1) is 6.58 Å². The average Bonchev–Trinajstić information content (AvgIpc) is 2.41. The van der Waals surface area contributed by atoms with Crippen LogP contribution in [-0.2, 0) is 0 Å². The van der Waals surface area contributed by atoms with Gasteiger partial charge in [-0.05, 0) is 49.9 Å². The zero-order chi connectivity index (χ0) is 13.1. The molecule has 18 heavy (non-hydrogen) atoms. The van der Waals surface area contributed by atoms with Gasteiger partial charge >= 0.3 is 0 Å². The molecular formula is C18H36. The minimum atomic E-state index is 0. The Morgan fingerprint density at radius 2 is 2.00 bits per heavy atom. The van der Waals surface area contributed by atoms with E-state index in [-0.39, 0.29) is 7.43 Å². The van der Waals surface area contributed by atoms with E-state index in [4.69, 9.17) is 0 Å². The molecule has 1 aliphatic carbocycles. The number of rotatable bonds is 6. The Morgan fingerprint density at radius 1 is 1.33 bits per heavy atom. The van der Waals surface area contributed by atoms with E-state index in [2.05, 4.69) is 38.7 Å². The fraction of sp³-hybridized carbons (Fsp3) is 0.778. The Hall–Kier alpha value is -0.520. The van der Waals surface area contributed by atoms with Crippen molar-refractivity contribution in [3.05, 3.63) is 24.8 Å². The zero-order valence-corrected chi connectivity index (χ0v) is 12.4. The minimum Gasteiger partial charge on any atom is -0.103 e. The van der Waals surface area contributed by atoms with Crippen molar-refractivity contribution >= 4 is 0 Å². The number of hydrogen-bond donors (Lipinski definition) is 0. The zero-order valence-electron chi connectivity index (χ0n) is 12.4. The Bertz CT molecular complexity index is 202. The standard InChI is InChI=1S/C15H26.C2H6.CH4/c1-4-9-15(12-13(3)5-2)14-10-7-6-8-11-14;1-2;/h4,6-7,13-15H,1,5,8-12H2,2-3H3;1-2H3;1H4. The summed E-state index contributed by atoms with van der Waals surface area (Å²) in [5, 5.41) is 0. The lowest BCUT2D eigenvalue weighted by atomic mass is 9.76. The SMILES string of the molecule is C.C=CCC(CC(C)CC)C1CC=CCC1.CC. The van der Waals surface area contributed by atoms with Crippen molar-refractivity contribution in [2.24, 2.45) is 17.8 Å². The van der Waals surface area contributed by atoms with Crippen LogP contribution < -0.4 is 0 Å². The molecule has 0 N–H and O–H groups in total. The van der Waals surface area contributed by atoms with Crippen LogP contribution >= 0.6 is 0 Å². The average molecular weight is 252 g/mol. The molecule has 0 aromatic carbocycles.